The Kier molecular flexibility index (Phi) is 7.87. The van der Waals surface area contributed by atoms with Crippen LogP contribution in [0.1, 0.15) is 40.0 Å². The molecule has 0 bridgehead atoms. The van der Waals surface area contributed by atoms with Gasteiger partial charge in [0.05, 0.1) is 19.6 Å². The SMILES string of the molecule is CCCCOC(=O)CC1C(=O)NCCN1C(=O)CNC(C)C. The number of amides is 2. The number of piperazine rings is 1. The first kappa shape index (κ1) is 18.4. The van der Waals surface area contributed by atoms with E-state index in [1.54, 1.807) is 0 Å². The largest absolute Gasteiger partial charge is 0.466 e. The average Bonchev–Trinajstić information content (AvgIpc) is 2.47. The summed E-state index contributed by atoms with van der Waals surface area (Å²) in [4.78, 5) is 37.5. The van der Waals surface area contributed by atoms with E-state index in [2.05, 4.69) is 10.6 Å². The second-order valence-corrected chi connectivity index (χ2v) is 5.71. The lowest BCUT2D eigenvalue weighted by molar-refractivity contribution is -0.151. The van der Waals surface area contributed by atoms with Crippen molar-refractivity contribution in [3.63, 3.8) is 0 Å². The third kappa shape index (κ3) is 6.01. The highest BCUT2D eigenvalue weighted by atomic mass is 16.5. The Labute approximate surface area is 131 Å². The van der Waals surface area contributed by atoms with Crippen LogP contribution in [0.3, 0.4) is 0 Å². The molecule has 1 aliphatic rings. The molecule has 0 aromatic rings. The Bertz CT molecular complexity index is 398. The van der Waals surface area contributed by atoms with Gasteiger partial charge in [-0.2, -0.15) is 0 Å². The molecular weight excluding hydrogens is 286 g/mol. The van der Waals surface area contributed by atoms with Crippen molar-refractivity contribution < 1.29 is 19.1 Å². The summed E-state index contributed by atoms with van der Waals surface area (Å²) in [7, 11) is 0. The van der Waals surface area contributed by atoms with E-state index in [0.29, 0.717) is 19.7 Å². The molecule has 7 heteroatoms. The van der Waals surface area contributed by atoms with E-state index < -0.39 is 12.0 Å². The van der Waals surface area contributed by atoms with Crippen LogP contribution in [0.2, 0.25) is 0 Å². The van der Waals surface area contributed by atoms with Crippen LogP contribution in [0, 0.1) is 0 Å². The van der Waals surface area contributed by atoms with E-state index in [-0.39, 0.29) is 30.8 Å². The number of nitrogens with one attached hydrogen (secondary N) is 2. The number of hydrogen-bond acceptors (Lipinski definition) is 5. The third-order valence-corrected chi connectivity index (χ3v) is 3.43. The second-order valence-electron chi connectivity index (χ2n) is 5.71. The van der Waals surface area contributed by atoms with Gasteiger partial charge in [-0.05, 0) is 6.42 Å². The first-order chi connectivity index (χ1) is 10.5. The fourth-order valence-corrected chi connectivity index (χ4v) is 2.16. The molecule has 1 saturated heterocycles. The van der Waals surface area contributed by atoms with Crippen molar-refractivity contribution >= 4 is 17.8 Å². The molecule has 2 N–H and O–H groups in total. The van der Waals surface area contributed by atoms with Crippen molar-refractivity contribution in [2.45, 2.75) is 52.1 Å². The van der Waals surface area contributed by atoms with Crippen LogP contribution in [0.25, 0.3) is 0 Å². The number of ether oxygens (including phenoxy) is 1. The second kappa shape index (κ2) is 9.40. The summed E-state index contributed by atoms with van der Waals surface area (Å²) in [5.74, 6) is -0.906. The molecule has 126 valence electrons. The molecule has 1 fully saturated rings. The Morgan fingerprint density at radius 2 is 2.18 bits per heavy atom. The summed E-state index contributed by atoms with van der Waals surface area (Å²) < 4.78 is 5.09. The summed E-state index contributed by atoms with van der Waals surface area (Å²) in [6.45, 7) is 7.23. The zero-order valence-corrected chi connectivity index (χ0v) is 13.7. The molecule has 1 rings (SSSR count). The molecule has 2 amide bonds. The smallest absolute Gasteiger partial charge is 0.308 e. The molecule has 1 unspecified atom stereocenters. The van der Waals surface area contributed by atoms with E-state index in [0.717, 1.165) is 12.8 Å². The highest BCUT2D eigenvalue weighted by molar-refractivity contribution is 5.92. The fourth-order valence-electron chi connectivity index (χ4n) is 2.16. The van der Waals surface area contributed by atoms with Gasteiger partial charge in [0.15, 0.2) is 0 Å². The molecule has 1 atom stereocenters. The molecule has 0 radical (unpaired) electrons. The van der Waals surface area contributed by atoms with Gasteiger partial charge in [-0.1, -0.05) is 27.2 Å². The van der Waals surface area contributed by atoms with Crippen LogP contribution in [0.5, 0.6) is 0 Å². The lowest BCUT2D eigenvalue weighted by Gasteiger charge is -2.34. The van der Waals surface area contributed by atoms with Crippen molar-refractivity contribution in [2.24, 2.45) is 0 Å². The van der Waals surface area contributed by atoms with Crippen molar-refractivity contribution in [2.75, 3.05) is 26.2 Å². The molecular formula is C15H27N3O4. The van der Waals surface area contributed by atoms with E-state index >= 15 is 0 Å². The van der Waals surface area contributed by atoms with E-state index in [4.69, 9.17) is 4.74 Å². The third-order valence-electron chi connectivity index (χ3n) is 3.43. The summed E-state index contributed by atoms with van der Waals surface area (Å²) in [6, 6.07) is -0.593. The van der Waals surface area contributed by atoms with Crippen molar-refractivity contribution in [3.8, 4) is 0 Å². The van der Waals surface area contributed by atoms with Gasteiger partial charge >= 0.3 is 5.97 Å². The van der Waals surface area contributed by atoms with Crippen molar-refractivity contribution in [1.29, 1.82) is 0 Å². The van der Waals surface area contributed by atoms with Gasteiger partial charge in [-0.25, -0.2) is 0 Å². The van der Waals surface area contributed by atoms with Crippen LogP contribution in [0.4, 0.5) is 0 Å². The zero-order valence-electron chi connectivity index (χ0n) is 13.7. The van der Waals surface area contributed by atoms with E-state index in [9.17, 15) is 14.4 Å². The average molecular weight is 313 g/mol. The lowest BCUT2D eigenvalue weighted by atomic mass is 10.1. The number of carbonyl (C=O) groups excluding carboxylic acids is 3. The summed E-state index contributed by atoms with van der Waals surface area (Å²) in [5.41, 5.74) is 0. The van der Waals surface area contributed by atoms with Gasteiger partial charge in [0, 0.05) is 19.1 Å². The normalized spacial score (nSPS) is 18.3. The molecule has 0 aromatic heterocycles. The minimum absolute atomic E-state index is 0.0943. The molecule has 22 heavy (non-hydrogen) atoms. The zero-order chi connectivity index (χ0) is 16.5. The Morgan fingerprint density at radius 3 is 2.82 bits per heavy atom. The van der Waals surface area contributed by atoms with Gasteiger partial charge in [0.2, 0.25) is 11.8 Å². The maximum atomic E-state index is 12.2. The molecule has 0 saturated carbocycles. The van der Waals surface area contributed by atoms with E-state index in [1.807, 2.05) is 20.8 Å². The molecule has 0 aromatic carbocycles. The Balaban J connectivity index is 2.59. The van der Waals surface area contributed by atoms with Crippen LogP contribution in [0.15, 0.2) is 0 Å². The van der Waals surface area contributed by atoms with Crippen LogP contribution >= 0.6 is 0 Å². The number of hydrogen-bond donors (Lipinski definition) is 2. The monoisotopic (exact) mass is 313 g/mol. The predicted octanol–water partition coefficient (Wildman–Crippen LogP) is 0.0448. The van der Waals surface area contributed by atoms with E-state index in [1.165, 1.54) is 4.90 Å². The molecule has 0 aliphatic carbocycles. The predicted molar refractivity (Wildman–Crippen MR) is 82.1 cm³/mol. The molecule has 0 spiro atoms. The van der Waals surface area contributed by atoms with Gasteiger partial charge in [0.1, 0.15) is 6.04 Å². The summed E-state index contributed by atoms with van der Waals surface area (Å²) in [6.07, 6.45) is 1.63. The van der Waals surface area contributed by atoms with Gasteiger partial charge in [-0.15, -0.1) is 0 Å². The number of rotatable bonds is 8. The number of nitrogens with zero attached hydrogens (tertiary/aromatic N) is 1. The van der Waals surface area contributed by atoms with Crippen molar-refractivity contribution in [1.82, 2.24) is 15.5 Å². The van der Waals surface area contributed by atoms with Crippen LogP contribution in [-0.2, 0) is 19.1 Å². The number of unbranched alkanes of at least 4 members (excludes halogenated alkanes) is 1. The maximum absolute atomic E-state index is 12.2. The van der Waals surface area contributed by atoms with Gasteiger partial charge in [0.25, 0.3) is 0 Å². The minimum atomic E-state index is -0.774. The Hall–Kier alpha value is -1.63. The molecule has 1 aliphatic heterocycles. The first-order valence-corrected chi connectivity index (χ1v) is 7.91. The topological polar surface area (TPSA) is 87.7 Å². The van der Waals surface area contributed by atoms with Gasteiger partial charge in [-0.3, -0.25) is 14.4 Å². The maximum Gasteiger partial charge on any atom is 0.308 e. The Morgan fingerprint density at radius 1 is 1.45 bits per heavy atom. The first-order valence-electron chi connectivity index (χ1n) is 7.91. The van der Waals surface area contributed by atoms with Crippen LogP contribution in [-0.4, -0.2) is 61.0 Å². The number of esters is 1. The summed E-state index contributed by atoms with van der Waals surface area (Å²) >= 11 is 0. The van der Waals surface area contributed by atoms with Crippen molar-refractivity contribution in [3.05, 3.63) is 0 Å². The highest BCUT2D eigenvalue weighted by Crippen LogP contribution is 2.10. The molecule has 7 nitrogen and oxygen atoms in total. The fraction of sp³-hybridized carbons (Fsp3) is 0.800. The standard InChI is InChI=1S/C15H27N3O4/c1-4-5-8-22-14(20)9-12-15(21)16-6-7-18(12)13(19)10-17-11(2)3/h11-12,17H,4-10H2,1-3H3,(H,16,21). The highest BCUT2D eigenvalue weighted by Gasteiger charge is 2.34. The summed E-state index contributed by atoms with van der Waals surface area (Å²) in [5, 5.41) is 5.73. The van der Waals surface area contributed by atoms with Gasteiger partial charge < -0.3 is 20.3 Å². The van der Waals surface area contributed by atoms with Crippen LogP contribution < -0.4 is 10.6 Å². The quantitative estimate of drug-likeness (QED) is 0.488. The lowest BCUT2D eigenvalue weighted by Crippen LogP contribution is -2.59. The molecule has 1 heterocycles. The minimum Gasteiger partial charge on any atom is -0.466 e. The number of carbonyl (C=O) groups is 3.